The minimum Gasteiger partial charge on any atom is -0.508 e. The topological polar surface area (TPSA) is 52.5 Å². The van der Waals surface area contributed by atoms with Gasteiger partial charge in [-0.25, -0.2) is 0 Å². The fourth-order valence-corrected chi connectivity index (χ4v) is 3.23. The van der Waals surface area contributed by atoms with Crippen molar-refractivity contribution in [1.82, 2.24) is 5.32 Å². The Morgan fingerprint density at radius 2 is 1.70 bits per heavy atom. The molecule has 1 aromatic carbocycles. The van der Waals surface area contributed by atoms with Crippen molar-refractivity contribution in [3.63, 3.8) is 0 Å². The molecule has 1 aliphatic carbocycles. The van der Waals surface area contributed by atoms with Gasteiger partial charge in [-0.15, -0.1) is 0 Å². The highest BCUT2D eigenvalue weighted by molar-refractivity contribution is 5.31. The first-order valence-electron chi connectivity index (χ1n) is 7.88. The average Bonchev–Trinajstić information content (AvgIpc) is 2.74. The molecule has 2 rings (SSSR count). The van der Waals surface area contributed by atoms with Crippen molar-refractivity contribution in [2.24, 2.45) is 0 Å². The monoisotopic (exact) mass is 277 g/mol. The van der Waals surface area contributed by atoms with Gasteiger partial charge in [0, 0.05) is 6.04 Å². The minimum atomic E-state index is -0.386. The SMILES string of the molecule is CCC(CO)(NC1CCCCCC1)c1ccc(O)cc1. The summed E-state index contributed by atoms with van der Waals surface area (Å²) in [6.07, 6.45) is 8.44. The Morgan fingerprint density at radius 3 is 2.20 bits per heavy atom. The second-order valence-electron chi connectivity index (χ2n) is 5.97. The second-order valence-corrected chi connectivity index (χ2v) is 5.97. The van der Waals surface area contributed by atoms with Crippen LogP contribution >= 0.6 is 0 Å². The maximum Gasteiger partial charge on any atom is 0.115 e. The Hall–Kier alpha value is -1.06. The van der Waals surface area contributed by atoms with Crippen LogP contribution in [0.2, 0.25) is 0 Å². The van der Waals surface area contributed by atoms with Crippen molar-refractivity contribution in [2.75, 3.05) is 6.61 Å². The number of phenolic OH excluding ortho intramolecular Hbond substituents is 1. The number of benzene rings is 1. The van der Waals surface area contributed by atoms with Crippen LogP contribution in [0.3, 0.4) is 0 Å². The van der Waals surface area contributed by atoms with Gasteiger partial charge in [0.1, 0.15) is 5.75 Å². The molecule has 0 heterocycles. The van der Waals surface area contributed by atoms with Gasteiger partial charge in [0.2, 0.25) is 0 Å². The maximum absolute atomic E-state index is 9.98. The van der Waals surface area contributed by atoms with Crippen LogP contribution in [0.4, 0.5) is 0 Å². The fourth-order valence-electron chi connectivity index (χ4n) is 3.23. The van der Waals surface area contributed by atoms with E-state index in [0.29, 0.717) is 6.04 Å². The van der Waals surface area contributed by atoms with Crippen molar-refractivity contribution in [2.45, 2.75) is 63.5 Å². The van der Waals surface area contributed by atoms with Crippen molar-refractivity contribution in [3.8, 4) is 5.75 Å². The molecular weight excluding hydrogens is 250 g/mol. The number of hydrogen-bond donors (Lipinski definition) is 3. The average molecular weight is 277 g/mol. The quantitative estimate of drug-likeness (QED) is 0.724. The lowest BCUT2D eigenvalue weighted by molar-refractivity contribution is 0.137. The lowest BCUT2D eigenvalue weighted by atomic mass is 9.86. The Labute approximate surface area is 122 Å². The molecule has 1 saturated carbocycles. The molecule has 0 amide bonds. The molecule has 1 atom stereocenters. The summed E-state index contributed by atoms with van der Waals surface area (Å²) in [5.74, 6) is 0.270. The summed E-state index contributed by atoms with van der Waals surface area (Å²) in [5, 5.41) is 23.1. The highest BCUT2D eigenvalue weighted by Gasteiger charge is 2.32. The lowest BCUT2D eigenvalue weighted by Gasteiger charge is -2.36. The summed E-state index contributed by atoms with van der Waals surface area (Å²) in [7, 11) is 0. The van der Waals surface area contributed by atoms with Crippen LogP contribution in [0.5, 0.6) is 5.75 Å². The smallest absolute Gasteiger partial charge is 0.115 e. The van der Waals surface area contributed by atoms with E-state index in [0.717, 1.165) is 12.0 Å². The van der Waals surface area contributed by atoms with Gasteiger partial charge in [0.25, 0.3) is 0 Å². The molecule has 0 radical (unpaired) electrons. The highest BCUT2D eigenvalue weighted by Crippen LogP contribution is 2.29. The molecule has 20 heavy (non-hydrogen) atoms. The summed E-state index contributed by atoms with van der Waals surface area (Å²) >= 11 is 0. The third kappa shape index (κ3) is 3.53. The molecule has 112 valence electrons. The highest BCUT2D eigenvalue weighted by atomic mass is 16.3. The molecule has 0 bridgehead atoms. The molecule has 0 aromatic heterocycles. The Balaban J connectivity index is 2.17. The molecule has 1 unspecified atom stereocenters. The molecule has 1 aliphatic rings. The second kappa shape index (κ2) is 7.09. The van der Waals surface area contributed by atoms with Gasteiger partial charge in [0.05, 0.1) is 12.1 Å². The third-order valence-corrected chi connectivity index (χ3v) is 4.63. The van der Waals surface area contributed by atoms with E-state index in [4.69, 9.17) is 0 Å². The van der Waals surface area contributed by atoms with Crippen LogP contribution in [0, 0.1) is 0 Å². The van der Waals surface area contributed by atoms with Crippen molar-refractivity contribution in [1.29, 1.82) is 0 Å². The molecule has 0 aliphatic heterocycles. The Bertz CT molecular complexity index is 390. The lowest BCUT2D eigenvalue weighted by Crippen LogP contribution is -2.50. The number of nitrogens with one attached hydrogen (secondary N) is 1. The first-order valence-corrected chi connectivity index (χ1v) is 7.88. The first kappa shape index (κ1) is 15.3. The van der Waals surface area contributed by atoms with Crippen LogP contribution in [0.15, 0.2) is 24.3 Å². The summed E-state index contributed by atoms with van der Waals surface area (Å²) in [4.78, 5) is 0. The van der Waals surface area contributed by atoms with E-state index < -0.39 is 0 Å². The number of rotatable bonds is 5. The predicted molar refractivity (Wildman–Crippen MR) is 81.8 cm³/mol. The largest absolute Gasteiger partial charge is 0.508 e. The van der Waals surface area contributed by atoms with Crippen molar-refractivity contribution >= 4 is 0 Å². The van der Waals surface area contributed by atoms with Gasteiger partial charge in [0.15, 0.2) is 0 Å². The van der Waals surface area contributed by atoms with E-state index in [9.17, 15) is 10.2 Å². The van der Waals surface area contributed by atoms with Gasteiger partial charge >= 0.3 is 0 Å². The number of phenols is 1. The van der Waals surface area contributed by atoms with Gasteiger partial charge in [-0.1, -0.05) is 44.7 Å². The Kier molecular flexibility index (Phi) is 5.44. The Morgan fingerprint density at radius 1 is 1.10 bits per heavy atom. The van der Waals surface area contributed by atoms with E-state index in [1.54, 1.807) is 12.1 Å². The minimum absolute atomic E-state index is 0.0881. The molecular formula is C17H27NO2. The van der Waals surface area contributed by atoms with Crippen molar-refractivity contribution < 1.29 is 10.2 Å². The van der Waals surface area contributed by atoms with E-state index in [2.05, 4.69) is 12.2 Å². The zero-order valence-corrected chi connectivity index (χ0v) is 12.4. The maximum atomic E-state index is 9.98. The van der Waals surface area contributed by atoms with Crippen LogP contribution in [0.1, 0.15) is 57.4 Å². The number of aliphatic hydroxyl groups excluding tert-OH is 1. The first-order chi connectivity index (χ1) is 9.70. The predicted octanol–water partition coefficient (Wildman–Crippen LogP) is 3.30. The molecule has 1 fully saturated rings. The molecule has 3 nitrogen and oxygen atoms in total. The zero-order valence-electron chi connectivity index (χ0n) is 12.4. The third-order valence-electron chi connectivity index (χ3n) is 4.63. The molecule has 3 heteroatoms. The van der Waals surface area contributed by atoms with Crippen LogP contribution in [-0.2, 0) is 5.54 Å². The fraction of sp³-hybridized carbons (Fsp3) is 0.647. The zero-order chi connectivity index (χ0) is 14.4. The number of aromatic hydroxyl groups is 1. The molecule has 0 spiro atoms. The van der Waals surface area contributed by atoms with Crippen LogP contribution in [0.25, 0.3) is 0 Å². The van der Waals surface area contributed by atoms with Gasteiger partial charge in [-0.2, -0.15) is 0 Å². The van der Waals surface area contributed by atoms with E-state index >= 15 is 0 Å². The summed E-state index contributed by atoms with van der Waals surface area (Å²) in [6.45, 7) is 2.19. The van der Waals surface area contributed by atoms with Crippen LogP contribution in [-0.4, -0.2) is 22.9 Å². The van der Waals surface area contributed by atoms with Crippen LogP contribution < -0.4 is 5.32 Å². The number of aliphatic hydroxyl groups is 1. The molecule has 1 aromatic rings. The van der Waals surface area contributed by atoms with E-state index in [1.165, 1.54) is 38.5 Å². The van der Waals surface area contributed by atoms with Gasteiger partial charge < -0.3 is 15.5 Å². The molecule has 0 saturated heterocycles. The van der Waals surface area contributed by atoms with E-state index in [1.807, 2.05) is 12.1 Å². The normalized spacial score (nSPS) is 20.3. The van der Waals surface area contributed by atoms with Gasteiger partial charge in [-0.05, 0) is 37.0 Å². The standard InChI is InChI=1S/C17H27NO2/c1-2-17(13-19,14-9-11-16(20)12-10-14)18-15-7-5-3-4-6-8-15/h9-12,15,18-20H,2-8,13H2,1H3. The summed E-state index contributed by atoms with van der Waals surface area (Å²) in [5.41, 5.74) is 0.674. The van der Waals surface area contributed by atoms with Crippen molar-refractivity contribution in [3.05, 3.63) is 29.8 Å². The number of hydrogen-bond acceptors (Lipinski definition) is 3. The van der Waals surface area contributed by atoms with Gasteiger partial charge in [-0.3, -0.25) is 0 Å². The molecule has 3 N–H and O–H groups in total. The van der Waals surface area contributed by atoms with E-state index in [-0.39, 0.29) is 17.9 Å². The summed E-state index contributed by atoms with van der Waals surface area (Å²) in [6, 6.07) is 7.71. The summed E-state index contributed by atoms with van der Waals surface area (Å²) < 4.78 is 0.